The molecular weight excluding hydrogens is 458 g/mol. The average molecular weight is 511 g/mol. The molecule has 0 saturated heterocycles. The standard InChI is InChI=1S/C24H52AsO4P/c1-5-6-7-8-9-10-11-12-13-14-15-16-17-18-19-20-21-23-28-30(26,27)29-24-22-25(2,3)4/h5-24H2,1-4H3. The van der Waals surface area contributed by atoms with Crippen LogP contribution in [-0.4, -0.2) is 26.8 Å². The topological polar surface area (TPSA) is 58.6 Å². The van der Waals surface area contributed by atoms with Crippen molar-refractivity contribution in [3.8, 4) is 0 Å². The average Bonchev–Trinajstić information content (AvgIpc) is 2.65. The first-order chi connectivity index (χ1) is 14.3. The first kappa shape index (κ1) is 30.7. The van der Waals surface area contributed by atoms with Crippen LogP contribution in [0.1, 0.15) is 116 Å². The maximum atomic E-state index is 11.7. The number of phosphoric acid groups is 1. The monoisotopic (exact) mass is 510 g/mol. The molecule has 0 saturated carbocycles. The Kier molecular flexibility index (Phi) is 20.7. The van der Waals surface area contributed by atoms with Crippen molar-refractivity contribution in [2.75, 3.05) is 13.2 Å². The Labute approximate surface area is 191 Å². The molecule has 0 N–H and O–H groups in total. The molecule has 0 spiro atoms. The fourth-order valence-corrected chi connectivity index (χ4v) is 5.86. The van der Waals surface area contributed by atoms with Gasteiger partial charge in [0.25, 0.3) is 0 Å². The van der Waals surface area contributed by atoms with Crippen LogP contribution < -0.4 is 4.89 Å². The Morgan fingerprint density at radius 1 is 0.600 bits per heavy atom. The zero-order valence-corrected chi connectivity index (χ0v) is 23.4. The van der Waals surface area contributed by atoms with E-state index in [0.717, 1.165) is 18.1 Å². The van der Waals surface area contributed by atoms with Crippen LogP contribution in [0.5, 0.6) is 0 Å². The van der Waals surface area contributed by atoms with Gasteiger partial charge in [-0.25, -0.2) is 0 Å². The molecule has 0 heterocycles. The molecule has 6 heteroatoms. The van der Waals surface area contributed by atoms with Gasteiger partial charge in [-0.2, -0.15) is 0 Å². The number of rotatable bonds is 23. The van der Waals surface area contributed by atoms with Crippen molar-refractivity contribution in [2.24, 2.45) is 0 Å². The summed E-state index contributed by atoms with van der Waals surface area (Å²) >= 11 is -1.59. The third kappa shape index (κ3) is 24.9. The Bertz CT molecular complexity index is 413. The SMILES string of the molecule is CCCCCCCCCCCCCCCCCCCOP(=O)([O-])OCC[As+](C)(C)C. The van der Waals surface area contributed by atoms with Gasteiger partial charge in [-0.1, -0.05) is 77.6 Å². The van der Waals surface area contributed by atoms with E-state index >= 15 is 0 Å². The van der Waals surface area contributed by atoms with Crippen LogP contribution in [0.4, 0.5) is 0 Å². The van der Waals surface area contributed by atoms with Crippen LogP contribution in [0.2, 0.25) is 22.3 Å². The van der Waals surface area contributed by atoms with Gasteiger partial charge in [0.2, 0.25) is 0 Å². The van der Waals surface area contributed by atoms with E-state index in [0.29, 0.717) is 0 Å². The molecule has 0 aliphatic heterocycles. The van der Waals surface area contributed by atoms with Gasteiger partial charge in [-0.05, 0) is 0 Å². The second-order valence-electron chi connectivity index (χ2n) is 9.78. The van der Waals surface area contributed by atoms with E-state index in [4.69, 9.17) is 9.05 Å². The normalized spacial score (nSPS) is 14.2. The van der Waals surface area contributed by atoms with Crippen LogP contribution in [0.15, 0.2) is 0 Å². The Balaban J connectivity index is 3.26. The van der Waals surface area contributed by atoms with E-state index in [1.54, 1.807) is 0 Å². The van der Waals surface area contributed by atoms with Crippen molar-refractivity contribution >= 4 is 21.4 Å². The van der Waals surface area contributed by atoms with E-state index < -0.39 is 21.4 Å². The quantitative estimate of drug-likeness (QED) is 0.0786. The summed E-state index contributed by atoms with van der Waals surface area (Å²) in [6, 6.07) is 0. The van der Waals surface area contributed by atoms with Gasteiger partial charge in [-0.15, -0.1) is 0 Å². The van der Waals surface area contributed by atoms with Crippen LogP contribution in [0, 0.1) is 0 Å². The molecule has 0 radical (unpaired) electrons. The molecule has 4 nitrogen and oxygen atoms in total. The van der Waals surface area contributed by atoms with E-state index in [1.165, 1.54) is 96.3 Å². The maximum absolute atomic E-state index is 11.7. The van der Waals surface area contributed by atoms with Gasteiger partial charge in [-0.3, -0.25) is 0 Å². The molecule has 0 rings (SSSR count). The molecule has 1 unspecified atom stereocenters. The van der Waals surface area contributed by atoms with Gasteiger partial charge in [0.15, 0.2) is 0 Å². The van der Waals surface area contributed by atoms with Gasteiger partial charge >= 0.3 is 114 Å². The minimum atomic E-state index is -4.09. The van der Waals surface area contributed by atoms with Crippen molar-refractivity contribution in [1.29, 1.82) is 0 Å². The van der Waals surface area contributed by atoms with Crippen LogP contribution in [-0.2, 0) is 13.6 Å². The molecule has 0 aromatic carbocycles. The van der Waals surface area contributed by atoms with E-state index in [-0.39, 0.29) is 13.2 Å². The molecule has 0 aromatic heterocycles. The number of hydrogen-bond acceptors (Lipinski definition) is 4. The summed E-state index contributed by atoms with van der Waals surface area (Å²) in [5.74, 6) is 0. The molecular formula is C24H52AsO4P. The summed E-state index contributed by atoms with van der Waals surface area (Å²) < 4.78 is 21.6. The molecule has 1 atom stereocenters. The van der Waals surface area contributed by atoms with Crippen LogP contribution >= 0.6 is 7.82 Å². The second-order valence-corrected chi connectivity index (χ2v) is 21.7. The second kappa shape index (κ2) is 20.3. The zero-order chi connectivity index (χ0) is 22.6. The fraction of sp³-hybridized carbons (Fsp3) is 1.00. The molecule has 0 aromatic rings. The van der Waals surface area contributed by atoms with E-state index in [2.05, 4.69) is 24.1 Å². The Morgan fingerprint density at radius 3 is 1.30 bits per heavy atom. The minimum absolute atomic E-state index is 0.259. The van der Waals surface area contributed by atoms with E-state index in [9.17, 15) is 9.46 Å². The number of unbranched alkanes of at least 4 members (excludes halogenated alkanes) is 16. The zero-order valence-electron chi connectivity index (χ0n) is 20.7. The van der Waals surface area contributed by atoms with Gasteiger partial charge < -0.3 is 0 Å². The summed E-state index contributed by atoms with van der Waals surface area (Å²) in [4.78, 5) is 11.7. The number of phosphoric ester groups is 1. The molecule has 0 fully saturated rings. The molecule has 0 aliphatic rings. The molecule has 0 aliphatic carbocycles. The first-order valence-corrected chi connectivity index (χ1v) is 21.1. The predicted octanol–water partition coefficient (Wildman–Crippen LogP) is 8.48. The summed E-state index contributed by atoms with van der Waals surface area (Å²) in [6.45, 7) is 2.81. The van der Waals surface area contributed by atoms with Crippen LogP contribution in [0.25, 0.3) is 0 Å². The summed E-state index contributed by atoms with van der Waals surface area (Å²) in [6.07, 6.45) is 22.4. The molecule has 30 heavy (non-hydrogen) atoms. The van der Waals surface area contributed by atoms with Gasteiger partial charge in [0, 0.05) is 0 Å². The molecule has 0 amide bonds. The number of hydrogen-bond donors (Lipinski definition) is 0. The Morgan fingerprint density at radius 2 is 0.933 bits per heavy atom. The fourth-order valence-electron chi connectivity index (χ4n) is 3.47. The van der Waals surface area contributed by atoms with Gasteiger partial charge in [0.1, 0.15) is 0 Å². The summed E-state index contributed by atoms with van der Waals surface area (Å²) in [5, 5.41) is 0.868. The van der Waals surface area contributed by atoms with Crippen molar-refractivity contribution in [3.63, 3.8) is 0 Å². The van der Waals surface area contributed by atoms with E-state index in [1.807, 2.05) is 0 Å². The summed E-state index contributed by atoms with van der Waals surface area (Å²) in [7, 11) is -4.09. The van der Waals surface area contributed by atoms with Crippen molar-refractivity contribution in [2.45, 2.75) is 138 Å². The third-order valence-electron chi connectivity index (χ3n) is 5.51. The van der Waals surface area contributed by atoms with Crippen LogP contribution in [0.3, 0.4) is 0 Å². The first-order valence-electron chi connectivity index (χ1n) is 12.7. The Hall–Kier alpha value is 0.668. The van der Waals surface area contributed by atoms with Crippen molar-refractivity contribution < 1.29 is 18.5 Å². The van der Waals surface area contributed by atoms with Gasteiger partial charge in [0.05, 0.1) is 0 Å². The predicted molar refractivity (Wildman–Crippen MR) is 132 cm³/mol. The molecule has 0 bridgehead atoms. The van der Waals surface area contributed by atoms with Crippen molar-refractivity contribution in [1.82, 2.24) is 0 Å². The molecule has 182 valence electrons. The third-order valence-corrected chi connectivity index (χ3v) is 9.70. The summed E-state index contributed by atoms with van der Waals surface area (Å²) in [5.41, 5.74) is 6.69. The van der Waals surface area contributed by atoms with Crippen molar-refractivity contribution in [3.05, 3.63) is 0 Å².